The second kappa shape index (κ2) is 5.25. The van der Waals surface area contributed by atoms with Gasteiger partial charge >= 0.3 is 0 Å². The van der Waals surface area contributed by atoms with Gasteiger partial charge in [0.25, 0.3) is 0 Å². The Morgan fingerprint density at radius 2 is 1.50 bits per heavy atom. The molecule has 14 heavy (non-hydrogen) atoms. The normalized spacial score (nSPS) is 9.29. The minimum Gasteiger partial charge on any atom is -0.507 e. The Morgan fingerprint density at radius 1 is 0.929 bits per heavy atom. The van der Waals surface area contributed by atoms with E-state index in [1.54, 1.807) is 6.07 Å². The van der Waals surface area contributed by atoms with Crippen LogP contribution in [0.15, 0.2) is 42.5 Å². The molecule has 0 aliphatic rings. The first-order valence-electron chi connectivity index (χ1n) is 4.54. The van der Waals surface area contributed by atoms with Crippen molar-refractivity contribution < 1.29 is 5.11 Å². The number of aromatic hydroxyl groups is 1. The molecule has 0 aliphatic heterocycles. The maximum atomic E-state index is 9.37. The molecular weight excluding hydrogens is 174 g/mol. The minimum absolute atomic E-state index is 0.350. The average Bonchev–Trinajstić information content (AvgIpc) is 2.20. The van der Waals surface area contributed by atoms with Crippen LogP contribution in [-0.2, 0) is 0 Å². The molecule has 0 spiro atoms. The molecule has 0 saturated heterocycles. The van der Waals surface area contributed by atoms with Crippen LogP contribution in [0, 0.1) is 0 Å². The van der Waals surface area contributed by atoms with Gasteiger partial charge in [-0.2, -0.15) is 0 Å². The molecule has 0 atom stereocenters. The van der Waals surface area contributed by atoms with E-state index in [0.717, 1.165) is 10.8 Å². The average molecular weight is 189 g/mol. The standard InChI is InChI=1S/C10H8O.C2H7N/c11-10-7-3-5-8-4-1-2-6-9(8)10;1-3-2/h1-7,11H;3H,1-2H3. The number of rotatable bonds is 0. The fourth-order valence-electron chi connectivity index (χ4n) is 1.21. The molecule has 74 valence electrons. The quantitative estimate of drug-likeness (QED) is 0.667. The molecule has 0 aromatic heterocycles. The van der Waals surface area contributed by atoms with Gasteiger partial charge in [0.1, 0.15) is 5.75 Å². The lowest BCUT2D eigenvalue weighted by molar-refractivity contribution is 0.481. The second-order valence-electron chi connectivity index (χ2n) is 3.00. The second-order valence-corrected chi connectivity index (χ2v) is 3.00. The van der Waals surface area contributed by atoms with E-state index in [9.17, 15) is 5.11 Å². The Morgan fingerprint density at radius 3 is 2.14 bits per heavy atom. The molecule has 0 unspecified atom stereocenters. The number of fused-ring (bicyclic) bond motifs is 1. The van der Waals surface area contributed by atoms with Crippen molar-refractivity contribution in [1.82, 2.24) is 5.32 Å². The molecule has 2 heteroatoms. The number of hydrogen-bond donors (Lipinski definition) is 2. The van der Waals surface area contributed by atoms with Crippen LogP contribution >= 0.6 is 0 Å². The Hall–Kier alpha value is -1.54. The molecule has 0 aliphatic carbocycles. The van der Waals surface area contributed by atoms with Crippen LogP contribution in [0.2, 0.25) is 0 Å². The third-order valence-electron chi connectivity index (χ3n) is 1.77. The minimum atomic E-state index is 0.350. The molecule has 2 nitrogen and oxygen atoms in total. The van der Waals surface area contributed by atoms with Gasteiger partial charge in [0, 0.05) is 5.39 Å². The Kier molecular flexibility index (Phi) is 3.95. The highest BCUT2D eigenvalue weighted by Gasteiger charge is 1.94. The number of phenolic OH excluding ortho intramolecular Hbond substituents is 1. The zero-order valence-electron chi connectivity index (χ0n) is 8.49. The maximum absolute atomic E-state index is 9.37. The van der Waals surface area contributed by atoms with Crippen molar-refractivity contribution in [3.63, 3.8) is 0 Å². The van der Waals surface area contributed by atoms with Gasteiger partial charge in [-0.05, 0) is 25.5 Å². The molecule has 0 heterocycles. The van der Waals surface area contributed by atoms with Gasteiger partial charge in [0.15, 0.2) is 0 Å². The van der Waals surface area contributed by atoms with Crippen LogP contribution in [0.3, 0.4) is 0 Å². The molecule has 0 amide bonds. The molecule has 2 aromatic rings. The van der Waals surface area contributed by atoms with Crippen LogP contribution in [0.4, 0.5) is 0 Å². The molecule has 0 bridgehead atoms. The van der Waals surface area contributed by atoms with Gasteiger partial charge in [-0.15, -0.1) is 0 Å². The summed E-state index contributed by atoms with van der Waals surface area (Å²) in [7, 11) is 3.75. The summed E-state index contributed by atoms with van der Waals surface area (Å²) in [5, 5.41) is 14.1. The van der Waals surface area contributed by atoms with E-state index in [1.165, 1.54) is 0 Å². The van der Waals surface area contributed by atoms with E-state index in [2.05, 4.69) is 5.32 Å². The number of nitrogens with one attached hydrogen (secondary N) is 1. The van der Waals surface area contributed by atoms with Crippen molar-refractivity contribution in [3.8, 4) is 5.75 Å². The lowest BCUT2D eigenvalue weighted by Gasteiger charge is -1.97. The first-order valence-corrected chi connectivity index (χ1v) is 4.54. The lowest BCUT2D eigenvalue weighted by Crippen LogP contribution is -1.89. The predicted molar refractivity (Wildman–Crippen MR) is 60.6 cm³/mol. The zero-order valence-corrected chi connectivity index (χ0v) is 8.49. The zero-order chi connectivity index (χ0) is 10.4. The van der Waals surface area contributed by atoms with Crippen LogP contribution in [0.5, 0.6) is 5.75 Å². The van der Waals surface area contributed by atoms with Gasteiger partial charge in [-0.25, -0.2) is 0 Å². The van der Waals surface area contributed by atoms with E-state index in [4.69, 9.17) is 0 Å². The van der Waals surface area contributed by atoms with Crippen LogP contribution in [0.25, 0.3) is 10.8 Å². The molecule has 0 fully saturated rings. The van der Waals surface area contributed by atoms with Crippen molar-refractivity contribution in [2.24, 2.45) is 0 Å². The van der Waals surface area contributed by atoms with Gasteiger partial charge in [-0.3, -0.25) is 0 Å². The van der Waals surface area contributed by atoms with E-state index in [-0.39, 0.29) is 0 Å². The van der Waals surface area contributed by atoms with Crippen molar-refractivity contribution in [3.05, 3.63) is 42.5 Å². The van der Waals surface area contributed by atoms with Crippen molar-refractivity contribution >= 4 is 10.8 Å². The first-order chi connectivity index (χ1) is 6.79. The van der Waals surface area contributed by atoms with Crippen molar-refractivity contribution in [2.45, 2.75) is 0 Å². The molecule has 2 rings (SSSR count). The summed E-state index contributed by atoms with van der Waals surface area (Å²) in [5.74, 6) is 0.350. The highest BCUT2D eigenvalue weighted by atomic mass is 16.3. The van der Waals surface area contributed by atoms with Crippen molar-refractivity contribution in [1.29, 1.82) is 0 Å². The molecular formula is C12H15NO. The summed E-state index contributed by atoms with van der Waals surface area (Å²) in [6.45, 7) is 0. The fraction of sp³-hybridized carbons (Fsp3) is 0.167. The van der Waals surface area contributed by atoms with E-state index >= 15 is 0 Å². The highest BCUT2D eigenvalue weighted by molar-refractivity contribution is 5.87. The van der Waals surface area contributed by atoms with Gasteiger partial charge in [0.2, 0.25) is 0 Å². The van der Waals surface area contributed by atoms with Gasteiger partial charge in [0.05, 0.1) is 0 Å². The fourth-order valence-corrected chi connectivity index (χ4v) is 1.21. The van der Waals surface area contributed by atoms with E-state index in [0.29, 0.717) is 5.75 Å². The summed E-state index contributed by atoms with van der Waals surface area (Å²) in [4.78, 5) is 0. The number of benzene rings is 2. The van der Waals surface area contributed by atoms with Gasteiger partial charge in [-0.1, -0.05) is 36.4 Å². The van der Waals surface area contributed by atoms with Crippen LogP contribution in [-0.4, -0.2) is 19.2 Å². The van der Waals surface area contributed by atoms with Gasteiger partial charge < -0.3 is 10.4 Å². The molecule has 2 N–H and O–H groups in total. The predicted octanol–water partition coefficient (Wildman–Crippen LogP) is 2.38. The number of hydrogen-bond acceptors (Lipinski definition) is 2. The van der Waals surface area contributed by atoms with E-state index < -0.39 is 0 Å². The summed E-state index contributed by atoms with van der Waals surface area (Å²) in [6.07, 6.45) is 0. The summed E-state index contributed by atoms with van der Waals surface area (Å²) < 4.78 is 0. The Labute approximate surface area is 84.2 Å². The monoisotopic (exact) mass is 189 g/mol. The first kappa shape index (κ1) is 10.5. The topological polar surface area (TPSA) is 32.3 Å². The molecule has 0 saturated carbocycles. The van der Waals surface area contributed by atoms with Crippen molar-refractivity contribution in [2.75, 3.05) is 14.1 Å². The highest BCUT2D eigenvalue weighted by Crippen LogP contribution is 2.22. The molecule has 2 aromatic carbocycles. The lowest BCUT2D eigenvalue weighted by atomic mass is 10.1. The third-order valence-corrected chi connectivity index (χ3v) is 1.77. The van der Waals surface area contributed by atoms with Crippen LogP contribution < -0.4 is 5.32 Å². The summed E-state index contributed by atoms with van der Waals surface area (Å²) in [6, 6.07) is 13.3. The summed E-state index contributed by atoms with van der Waals surface area (Å²) >= 11 is 0. The van der Waals surface area contributed by atoms with E-state index in [1.807, 2.05) is 50.5 Å². The largest absolute Gasteiger partial charge is 0.507 e. The third kappa shape index (κ3) is 2.47. The summed E-state index contributed by atoms with van der Waals surface area (Å²) in [5.41, 5.74) is 0. The number of phenols is 1. The van der Waals surface area contributed by atoms with Crippen LogP contribution in [0.1, 0.15) is 0 Å². The SMILES string of the molecule is CNC.Oc1cccc2ccccc12. The molecule has 0 radical (unpaired) electrons. The Bertz CT molecular complexity index is 393. The Balaban J connectivity index is 0.000000293. The smallest absolute Gasteiger partial charge is 0.123 e. The maximum Gasteiger partial charge on any atom is 0.123 e.